The number of nitrogens with one attached hydrogen (secondary N) is 2. The van der Waals surface area contributed by atoms with Crippen LogP contribution in [0.25, 0.3) is 27.9 Å². The number of likely N-dealkylation sites (N-methyl/N-ethyl adjacent to an activating group) is 1. The molecule has 1 aliphatic rings. The number of H-pyrrole nitrogens is 1. The standard InChI is InChI=1S/C25H26N8O2S/c1-31-8-10-32(11-9-31)19-13-18(14-20(15-19)36(2,34)35)28-25-29-24-5-3-4-23(33(24)30-25)17-6-7-21-22(12-17)27-16-26-21/h3-7,12-16H,8-11H2,1-2H3,(H,26,27)(H,28,30). The maximum absolute atomic E-state index is 12.4. The number of piperazine rings is 1. The van der Waals surface area contributed by atoms with Crippen LogP contribution < -0.4 is 10.2 Å². The van der Waals surface area contributed by atoms with Crippen LogP contribution in [0.5, 0.6) is 0 Å². The fourth-order valence-corrected chi connectivity index (χ4v) is 5.19. The molecule has 0 aliphatic carbocycles. The SMILES string of the molecule is CN1CCN(c2cc(Nc3nc4cccc(-c5ccc6nc[nH]c6c5)n4n3)cc(S(C)(=O)=O)c2)CC1. The van der Waals surface area contributed by atoms with Crippen LogP contribution in [0.3, 0.4) is 0 Å². The number of sulfone groups is 1. The van der Waals surface area contributed by atoms with E-state index in [-0.39, 0.29) is 4.90 Å². The number of hydrogen-bond donors (Lipinski definition) is 2. The van der Waals surface area contributed by atoms with Gasteiger partial charge in [-0.2, -0.15) is 4.98 Å². The molecule has 2 N–H and O–H groups in total. The van der Waals surface area contributed by atoms with Crippen molar-refractivity contribution in [1.82, 2.24) is 29.5 Å². The molecule has 0 amide bonds. The molecule has 0 spiro atoms. The van der Waals surface area contributed by atoms with Crippen LogP contribution in [0.1, 0.15) is 0 Å². The first-order valence-electron chi connectivity index (χ1n) is 11.7. The summed E-state index contributed by atoms with van der Waals surface area (Å²) in [7, 11) is -1.31. The number of benzene rings is 2. The summed E-state index contributed by atoms with van der Waals surface area (Å²) >= 11 is 0. The number of aromatic amines is 1. The third kappa shape index (κ3) is 4.27. The molecule has 0 saturated carbocycles. The summed E-state index contributed by atoms with van der Waals surface area (Å²) in [5.41, 5.74) is 5.87. The number of hydrogen-bond acceptors (Lipinski definition) is 8. The maximum Gasteiger partial charge on any atom is 0.247 e. The molecular weight excluding hydrogens is 476 g/mol. The summed E-state index contributed by atoms with van der Waals surface area (Å²) in [5, 5.41) is 7.93. The molecule has 0 atom stereocenters. The fourth-order valence-electron chi connectivity index (χ4n) is 4.52. The van der Waals surface area contributed by atoms with E-state index >= 15 is 0 Å². The van der Waals surface area contributed by atoms with E-state index in [4.69, 9.17) is 5.10 Å². The third-order valence-corrected chi connectivity index (χ3v) is 7.61. The predicted octanol–water partition coefficient (Wildman–Crippen LogP) is 3.17. The summed E-state index contributed by atoms with van der Waals surface area (Å²) in [6, 6.07) is 17.1. The van der Waals surface area contributed by atoms with Crippen LogP contribution in [0.15, 0.2) is 65.8 Å². The average Bonchev–Trinajstić information content (AvgIpc) is 3.49. The van der Waals surface area contributed by atoms with Gasteiger partial charge in [0, 0.05) is 49.4 Å². The molecule has 0 unspecified atom stereocenters. The molecule has 11 heteroatoms. The summed E-state index contributed by atoms with van der Waals surface area (Å²) < 4.78 is 26.7. The van der Waals surface area contributed by atoms with Crippen LogP contribution >= 0.6 is 0 Å². The van der Waals surface area contributed by atoms with Gasteiger partial charge in [-0.3, -0.25) is 0 Å². The number of pyridine rings is 1. The number of aromatic nitrogens is 5. The molecule has 0 radical (unpaired) electrons. The highest BCUT2D eigenvalue weighted by atomic mass is 32.2. The van der Waals surface area contributed by atoms with Crippen LogP contribution in [0, 0.1) is 0 Å². The number of rotatable bonds is 5. The molecule has 6 rings (SSSR count). The lowest BCUT2D eigenvalue weighted by Crippen LogP contribution is -2.44. The second-order valence-electron chi connectivity index (χ2n) is 9.15. The number of fused-ring (bicyclic) bond motifs is 2. The Morgan fingerprint density at radius 1 is 1.00 bits per heavy atom. The minimum atomic E-state index is -3.40. The van der Waals surface area contributed by atoms with Gasteiger partial charge in [0.05, 0.1) is 28.0 Å². The van der Waals surface area contributed by atoms with Gasteiger partial charge in [-0.25, -0.2) is 17.9 Å². The Morgan fingerprint density at radius 3 is 2.64 bits per heavy atom. The third-order valence-electron chi connectivity index (χ3n) is 6.52. The fraction of sp³-hybridized carbons (Fsp3) is 0.240. The molecule has 5 aromatic rings. The number of anilines is 3. The number of imidazole rings is 1. The van der Waals surface area contributed by atoms with Gasteiger partial charge in [0.25, 0.3) is 0 Å². The van der Waals surface area contributed by atoms with Crippen LogP contribution in [0.4, 0.5) is 17.3 Å². The topological polar surface area (TPSA) is 112 Å². The van der Waals surface area contributed by atoms with Gasteiger partial charge in [0.2, 0.25) is 5.95 Å². The van der Waals surface area contributed by atoms with Gasteiger partial charge in [-0.15, -0.1) is 5.10 Å². The van der Waals surface area contributed by atoms with E-state index in [1.54, 1.807) is 23.0 Å². The Labute approximate surface area is 208 Å². The molecule has 0 bridgehead atoms. The van der Waals surface area contributed by atoms with Crippen LogP contribution in [-0.2, 0) is 9.84 Å². The minimum absolute atomic E-state index is 0.263. The van der Waals surface area contributed by atoms with Gasteiger partial charge in [0.15, 0.2) is 15.5 Å². The monoisotopic (exact) mass is 502 g/mol. The Morgan fingerprint density at radius 2 is 1.83 bits per heavy atom. The highest BCUT2D eigenvalue weighted by Gasteiger charge is 2.19. The first-order chi connectivity index (χ1) is 17.3. The normalized spacial score (nSPS) is 15.1. The lowest BCUT2D eigenvalue weighted by molar-refractivity contribution is 0.313. The van der Waals surface area contributed by atoms with Crippen molar-refractivity contribution in [3.8, 4) is 11.3 Å². The molecule has 1 saturated heterocycles. The van der Waals surface area contributed by atoms with Crippen molar-refractivity contribution in [3.05, 3.63) is 60.9 Å². The molecule has 1 aliphatic heterocycles. The Balaban J connectivity index is 1.37. The Bertz CT molecular complexity index is 1680. The van der Waals surface area contributed by atoms with Crippen molar-refractivity contribution in [1.29, 1.82) is 0 Å². The summed E-state index contributed by atoms with van der Waals surface area (Å²) in [6.07, 6.45) is 2.90. The Kier molecular flexibility index (Phi) is 5.38. The van der Waals surface area contributed by atoms with Crippen molar-refractivity contribution >= 4 is 43.8 Å². The van der Waals surface area contributed by atoms with Crippen molar-refractivity contribution in [3.63, 3.8) is 0 Å². The lowest BCUT2D eigenvalue weighted by atomic mass is 10.1. The van der Waals surface area contributed by atoms with Crippen molar-refractivity contribution in [2.24, 2.45) is 0 Å². The molecular formula is C25H26N8O2S. The van der Waals surface area contributed by atoms with E-state index in [1.807, 2.05) is 42.5 Å². The molecule has 10 nitrogen and oxygen atoms in total. The van der Waals surface area contributed by atoms with E-state index in [0.29, 0.717) is 17.3 Å². The van der Waals surface area contributed by atoms with Crippen molar-refractivity contribution in [2.75, 3.05) is 49.7 Å². The summed E-state index contributed by atoms with van der Waals surface area (Å²) in [6.45, 7) is 3.51. The Hall–Kier alpha value is -3.96. The van der Waals surface area contributed by atoms with E-state index < -0.39 is 9.84 Å². The molecule has 1 fully saturated rings. The molecule has 2 aromatic carbocycles. The molecule has 3 aromatic heterocycles. The first-order valence-corrected chi connectivity index (χ1v) is 13.6. The number of nitrogens with zero attached hydrogens (tertiary/aromatic N) is 6. The highest BCUT2D eigenvalue weighted by molar-refractivity contribution is 7.90. The predicted molar refractivity (Wildman–Crippen MR) is 141 cm³/mol. The van der Waals surface area contributed by atoms with E-state index in [1.165, 1.54) is 6.26 Å². The lowest BCUT2D eigenvalue weighted by Gasteiger charge is -2.34. The zero-order valence-corrected chi connectivity index (χ0v) is 20.8. The smallest absolute Gasteiger partial charge is 0.247 e. The van der Waals surface area contributed by atoms with Crippen molar-refractivity contribution in [2.45, 2.75) is 4.90 Å². The van der Waals surface area contributed by atoms with Gasteiger partial charge in [-0.05, 0) is 49.5 Å². The van der Waals surface area contributed by atoms with E-state index in [9.17, 15) is 8.42 Å². The molecule has 184 valence electrons. The maximum atomic E-state index is 12.4. The van der Waals surface area contributed by atoms with Crippen LogP contribution in [0.2, 0.25) is 0 Å². The molecule has 36 heavy (non-hydrogen) atoms. The van der Waals surface area contributed by atoms with E-state index in [0.717, 1.165) is 54.2 Å². The largest absolute Gasteiger partial charge is 0.369 e. The van der Waals surface area contributed by atoms with Crippen molar-refractivity contribution < 1.29 is 8.42 Å². The minimum Gasteiger partial charge on any atom is -0.369 e. The quantitative estimate of drug-likeness (QED) is 0.377. The zero-order valence-electron chi connectivity index (χ0n) is 20.0. The van der Waals surface area contributed by atoms with Gasteiger partial charge >= 0.3 is 0 Å². The van der Waals surface area contributed by atoms with Gasteiger partial charge in [0.1, 0.15) is 0 Å². The molecule has 4 heterocycles. The highest BCUT2D eigenvalue weighted by Crippen LogP contribution is 2.29. The average molecular weight is 503 g/mol. The zero-order chi connectivity index (χ0) is 24.9. The summed E-state index contributed by atoms with van der Waals surface area (Å²) in [4.78, 5) is 16.8. The summed E-state index contributed by atoms with van der Waals surface area (Å²) in [5.74, 6) is 0.389. The van der Waals surface area contributed by atoms with Gasteiger partial charge in [-0.1, -0.05) is 12.1 Å². The van der Waals surface area contributed by atoms with E-state index in [2.05, 4.69) is 37.1 Å². The first kappa shape index (κ1) is 22.5. The second-order valence-corrected chi connectivity index (χ2v) is 11.2. The van der Waals surface area contributed by atoms with Crippen LogP contribution in [-0.4, -0.2) is 77.4 Å². The van der Waals surface area contributed by atoms with Gasteiger partial charge < -0.3 is 20.1 Å². The second kappa shape index (κ2) is 8.61.